The third kappa shape index (κ3) is 3.14. The molecule has 1 aliphatic heterocycles. The van der Waals surface area contributed by atoms with Gasteiger partial charge in [0.1, 0.15) is 0 Å². The van der Waals surface area contributed by atoms with Gasteiger partial charge in [-0.3, -0.25) is 4.90 Å². The monoisotopic (exact) mass is 266 g/mol. The van der Waals surface area contributed by atoms with Crippen molar-refractivity contribution < 1.29 is 0 Å². The lowest BCUT2D eigenvalue weighted by molar-refractivity contribution is 0.0900. The van der Waals surface area contributed by atoms with E-state index >= 15 is 0 Å². The van der Waals surface area contributed by atoms with E-state index in [0.29, 0.717) is 23.9 Å². The number of rotatable bonds is 4. The first-order chi connectivity index (χ1) is 8.59. The Kier molecular flexibility index (Phi) is 4.82. The van der Waals surface area contributed by atoms with Crippen molar-refractivity contribution >= 4 is 11.3 Å². The standard InChI is InChI=1S/C15H26N2S/c1-11(2)15(14-7-5-9-18-14)17-8-4-6-13(10-17)12(3)16/h5,7,9,11-13,15H,4,6,8,10,16H2,1-3H3. The number of piperidine rings is 1. The van der Waals surface area contributed by atoms with Crippen LogP contribution in [0.5, 0.6) is 0 Å². The summed E-state index contributed by atoms with van der Waals surface area (Å²) in [5.74, 6) is 1.33. The van der Waals surface area contributed by atoms with Crippen LogP contribution in [-0.4, -0.2) is 24.0 Å². The first-order valence-electron chi connectivity index (χ1n) is 7.12. The van der Waals surface area contributed by atoms with Crippen LogP contribution < -0.4 is 5.73 Å². The van der Waals surface area contributed by atoms with Crippen LogP contribution >= 0.6 is 11.3 Å². The van der Waals surface area contributed by atoms with Crippen LogP contribution in [0.1, 0.15) is 44.5 Å². The minimum Gasteiger partial charge on any atom is -0.328 e. The molecule has 2 nitrogen and oxygen atoms in total. The van der Waals surface area contributed by atoms with Gasteiger partial charge in [0.25, 0.3) is 0 Å². The highest BCUT2D eigenvalue weighted by Crippen LogP contribution is 2.35. The van der Waals surface area contributed by atoms with Gasteiger partial charge in [0, 0.05) is 23.5 Å². The molecule has 2 heterocycles. The van der Waals surface area contributed by atoms with E-state index in [9.17, 15) is 0 Å². The van der Waals surface area contributed by atoms with Crippen LogP contribution in [0.25, 0.3) is 0 Å². The average molecular weight is 266 g/mol. The number of hydrogen-bond acceptors (Lipinski definition) is 3. The number of thiophene rings is 1. The van der Waals surface area contributed by atoms with E-state index in [1.165, 1.54) is 30.8 Å². The Bertz CT molecular complexity index is 345. The lowest BCUT2D eigenvalue weighted by Crippen LogP contribution is -2.44. The fourth-order valence-corrected chi connectivity index (χ4v) is 4.14. The average Bonchev–Trinajstić information content (AvgIpc) is 2.82. The summed E-state index contributed by atoms with van der Waals surface area (Å²) in [5.41, 5.74) is 6.10. The summed E-state index contributed by atoms with van der Waals surface area (Å²) in [6, 6.07) is 5.35. The molecule has 18 heavy (non-hydrogen) atoms. The Morgan fingerprint density at radius 1 is 1.39 bits per heavy atom. The van der Waals surface area contributed by atoms with E-state index < -0.39 is 0 Å². The Hall–Kier alpha value is -0.380. The predicted molar refractivity (Wildman–Crippen MR) is 79.8 cm³/mol. The maximum absolute atomic E-state index is 6.10. The predicted octanol–water partition coefficient (Wildman–Crippen LogP) is 3.50. The molecule has 0 aliphatic carbocycles. The zero-order valence-electron chi connectivity index (χ0n) is 11.8. The minimum atomic E-state index is 0.323. The highest BCUT2D eigenvalue weighted by molar-refractivity contribution is 7.10. The van der Waals surface area contributed by atoms with Gasteiger partial charge in [0.2, 0.25) is 0 Å². The molecule has 3 unspecified atom stereocenters. The highest BCUT2D eigenvalue weighted by Gasteiger charge is 2.30. The molecule has 2 rings (SSSR count). The van der Waals surface area contributed by atoms with Crippen LogP contribution in [-0.2, 0) is 0 Å². The van der Waals surface area contributed by atoms with Gasteiger partial charge < -0.3 is 5.73 Å². The van der Waals surface area contributed by atoms with Gasteiger partial charge in [0.15, 0.2) is 0 Å². The summed E-state index contributed by atoms with van der Waals surface area (Å²) in [6.45, 7) is 9.21. The number of nitrogens with zero attached hydrogens (tertiary/aromatic N) is 1. The van der Waals surface area contributed by atoms with Gasteiger partial charge in [-0.25, -0.2) is 0 Å². The Morgan fingerprint density at radius 2 is 2.17 bits per heavy atom. The molecule has 1 fully saturated rings. The van der Waals surface area contributed by atoms with Gasteiger partial charge in [-0.05, 0) is 49.6 Å². The third-order valence-corrected chi connectivity index (χ3v) is 5.04. The molecular formula is C15H26N2S. The number of hydrogen-bond donors (Lipinski definition) is 1. The zero-order valence-corrected chi connectivity index (χ0v) is 12.6. The van der Waals surface area contributed by atoms with Gasteiger partial charge in [-0.15, -0.1) is 11.3 Å². The second kappa shape index (κ2) is 6.18. The van der Waals surface area contributed by atoms with Gasteiger partial charge in [-0.1, -0.05) is 19.9 Å². The van der Waals surface area contributed by atoms with Crippen molar-refractivity contribution in [3.8, 4) is 0 Å². The fourth-order valence-electron chi connectivity index (χ4n) is 3.11. The van der Waals surface area contributed by atoms with E-state index in [-0.39, 0.29) is 0 Å². The molecule has 0 saturated carbocycles. The van der Waals surface area contributed by atoms with Crippen LogP contribution in [0.2, 0.25) is 0 Å². The van der Waals surface area contributed by atoms with E-state index in [2.05, 4.69) is 43.2 Å². The van der Waals surface area contributed by atoms with Gasteiger partial charge in [0.05, 0.1) is 0 Å². The molecule has 3 atom stereocenters. The zero-order chi connectivity index (χ0) is 13.1. The van der Waals surface area contributed by atoms with Crippen molar-refractivity contribution in [2.45, 2.75) is 45.7 Å². The summed E-state index contributed by atoms with van der Waals surface area (Å²) in [6.07, 6.45) is 2.59. The molecule has 0 amide bonds. The summed E-state index contributed by atoms with van der Waals surface area (Å²) >= 11 is 1.89. The SMILES string of the molecule is CC(C)C(c1cccs1)N1CCCC(C(C)N)C1. The molecule has 1 aromatic rings. The molecule has 1 saturated heterocycles. The highest BCUT2D eigenvalue weighted by atomic mass is 32.1. The molecule has 0 bridgehead atoms. The molecule has 1 aliphatic rings. The number of nitrogens with two attached hydrogens (primary N) is 1. The topological polar surface area (TPSA) is 29.3 Å². The Balaban J connectivity index is 2.11. The quantitative estimate of drug-likeness (QED) is 0.903. The van der Waals surface area contributed by atoms with Crippen molar-refractivity contribution in [3.05, 3.63) is 22.4 Å². The van der Waals surface area contributed by atoms with Crippen molar-refractivity contribution in [2.24, 2.45) is 17.6 Å². The molecular weight excluding hydrogens is 240 g/mol. The van der Waals surface area contributed by atoms with Crippen LogP contribution in [0.4, 0.5) is 0 Å². The van der Waals surface area contributed by atoms with Gasteiger partial charge >= 0.3 is 0 Å². The maximum Gasteiger partial charge on any atom is 0.0464 e. The number of likely N-dealkylation sites (tertiary alicyclic amines) is 1. The summed E-state index contributed by atoms with van der Waals surface area (Å²) in [7, 11) is 0. The first-order valence-corrected chi connectivity index (χ1v) is 8.00. The summed E-state index contributed by atoms with van der Waals surface area (Å²) in [5, 5.41) is 2.19. The second-order valence-electron chi connectivity index (χ2n) is 5.96. The van der Waals surface area contributed by atoms with E-state index in [1.807, 2.05) is 11.3 Å². The normalized spacial score (nSPS) is 25.3. The van der Waals surface area contributed by atoms with E-state index in [4.69, 9.17) is 5.73 Å². The summed E-state index contributed by atoms with van der Waals surface area (Å²) in [4.78, 5) is 4.17. The molecule has 1 aromatic heterocycles. The molecule has 0 aromatic carbocycles. The third-order valence-electron chi connectivity index (χ3n) is 4.09. The van der Waals surface area contributed by atoms with E-state index in [0.717, 1.165) is 0 Å². The molecule has 0 spiro atoms. The lowest BCUT2D eigenvalue weighted by Gasteiger charge is -2.41. The molecule has 102 valence electrons. The van der Waals surface area contributed by atoms with Crippen molar-refractivity contribution in [2.75, 3.05) is 13.1 Å². The van der Waals surface area contributed by atoms with Gasteiger partial charge in [-0.2, -0.15) is 0 Å². The van der Waals surface area contributed by atoms with Crippen LogP contribution in [0.15, 0.2) is 17.5 Å². The maximum atomic E-state index is 6.10. The Morgan fingerprint density at radius 3 is 2.72 bits per heavy atom. The van der Waals surface area contributed by atoms with E-state index in [1.54, 1.807) is 0 Å². The lowest BCUT2D eigenvalue weighted by atomic mass is 9.89. The van der Waals surface area contributed by atoms with Crippen molar-refractivity contribution in [3.63, 3.8) is 0 Å². The molecule has 0 radical (unpaired) electrons. The first kappa shape index (κ1) is 14.0. The molecule has 2 N–H and O–H groups in total. The van der Waals surface area contributed by atoms with Crippen LogP contribution in [0, 0.1) is 11.8 Å². The Labute approximate surface area is 115 Å². The van der Waals surface area contributed by atoms with Crippen LogP contribution in [0.3, 0.4) is 0 Å². The molecule has 3 heteroatoms. The smallest absolute Gasteiger partial charge is 0.0464 e. The van der Waals surface area contributed by atoms with Crippen molar-refractivity contribution in [1.29, 1.82) is 0 Å². The van der Waals surface area contributed by atoms with Crippen molar-refractivity contribution in [1.82, 2.24) is 4.90 Å². The summed E-state index contributed by atoms with van der Waals surface area (Å²) < 4.78 is 0. The largest absolute Gasteiger partial charge is 0.328 e. The fraction of sp³-hybridized carbons (Fsp3) is 0.733. The minimum absolute atomic E-state index is 0.323. The second-order valence-corrected chi connectivity index (χ2v) is 6.94.